The van der Waals surface area contributed by atoms with Crippen molar-refractivity contribution in [3.63, 3.8) is 0 Å². The van der Waals surface area contributed by atoms with Crippen LogP contribution in [0.2, 0.25) is 0 Å². The molecule has 1 N–H and O–H groups in total. The molecule has 0 saturated carbocycles. The van der Waals surface area contributed by atoms with Crippen LogP contribution in [-0.2, 0) is 24.2 Å². The Bertz CT molecular complexity index is 1300. The quantitative estimate of drug-likeness (QED) is 0.508. The summed E-state index contributed by atoms with van der Waals surface area (Å²) in [5.74, 6) is -1.47. The third-order valence-corrected chi connectivity index (χ3v) is 8.39. The van der Waals surface area contributed by atoms with Crippen LogP contribution < -0.4 is 5.32 Å². The molecule has 12 heteroatoms. The number of carbonyl (C=O) groups excluding carboxylic acids is 2. The van der Waals surface area contributed by atoms with Gasteiger partial charge in [-0.05, 0) is 34.7 Å². The summed E-state index contributed by atoms with van der Waals surface area (Å²) in [6.07, 6.45) is -4.30. The number of hydrogen-bond acceptors (Lipinski definition) is 6. The van der Waals surface area contributed by atoms with Crippen LogP contribution in [0.25, 0.3) is 11.1 Å². The fourth-order valence-corrected chi connectivity index (χ4v) is 5.86. The van der Waals surface area contributed by atoms with Crippen LogP contribution in [0.15, 0.2) is 53.4 Å². The van der Waals surface area contributed by atoms with Crippen molar-refractivity contribution in [2.75, 3.05) is 19.4 Å². The van der Waals surface area contributed by atoms with E-state index in [9.17, 15) is 31.2 Å². The number of alkyl halides is 4. The number of ether oxygens (including phenoxy) is 1. The molecule has 2 aromatic carbocycles. The van der Waals surface area contributed by atoms with Crippen molar-refractivity contribution in [3.05, 3.63) is 54.1 Å². The second kappa shape index (κ2) is 10.6. The summed E-state index contributed by atoms with van der Waals surface area (Å²) in [5.41, 5.74) is 1.14. The molecule has 7 nitrogen and oxygen atoms in total. The highest BCUT2D eigenvalue weighted by Crippen LogP contribution is 2.36. The second-order valence-corrected chi connectivity index (χ2v) is 12.6. The van der Waals surface area contributed by atoms with Gasteiger partial charge in [0.05, 0.1) is 16.3 Å². The van der Waals surface area contributed by atoms with E-state index in [0.29, 0.717) is 11.1 Å². The van der Waals surface area contributed by atoms with E-state index < -0.39 is 57.4 Å². The number of amides is 1. The lowest BCUT2D eigenvalue weighted by Crippen LogP contribution is -2.55. The number of Topliss-reactive ketones (excluding diaryl/α,β-unsaturated/α-hetero) is 1. The molecule has 0 bridgehead atoms. The number of carbonyl (C=O) groups is 2. The number of nitrogens with one attached hydrogen (secondary N) is 1. The van der Waals surface area contributed by atoms with Crippen molar-refractivity contribution in [2.45, 2.75) is 54.5 Å². The van der Waals surface area contributed by atoms with E-state index in [1.807, 2.05) is 0 Å². The first-order valence-electron chi connectivity index (χ1n) is 12.0. The minimum atomic E-state index is -4.72. The Kier molecular flexibility index (Phi) is 7.96. The summed E-state index contributed by atoms with van der Waals surface area (Å²) in [7, 11) is -3.38. The van der Waals surface area contributed by atoms with Gasteiger partial charge in [-0.1, -0.05) is 50.2 Å². The molecular weight excluding hydrogens is 545 g/mol. The lowest BCUT2D eigenvalue weighted by Gasteiger charge is -2.33. The van der Waals surface area contributed by atoms with Gasteiger partial charge in [-0.15, -0.1) is 11.6 Å². The van der Waals surface area contributed by atoms with Gasteiger partial charge in [0, 0.05) is 12.8 Å². The average molecular weight is 573 g/mol. The molecule has 2 aliphatic heterocycles. The number of ketones is 1. The summed E-state index contributed by atoms with van der Waals surface area (Å²) >= 11 is 6.27. The average Bonchev–Trinajstić information content (AvgIpc) is 3.38. The molecule has 2 unspecified atom stereocenters. The summed E-state index contributed by atoms with van der Waals surface area (Å²) in [6.45, 7) is 3.09. The molecule has 2 saturated heterocycles. The van der Waals surface area contributed by atoms with E-state index in [1.165, 1.54) is 41.3 Å². The zero-order chi connectivity index (χ0) is 28.0. The maximum Gasteiger partial charge on any atom is 0.407 e. The third kappa shape index (κ3) is 5.75. The van der Waals surface area contributed by atoms with Crippen LogP contribution in [0.1, 0.15) is 25.5 Å². The molecule has 2 fully saturated rings. The maximum absolute atomic E-state index is 14.2. The molecule has 0 spiro atoms. The number of hydrogen-bond donors (Lipinski definition) is 1. The molecule has 206 valence electrons. The zero-order valence-electron chi connectivity index (χ0n) is 20.9. The number of nitrogens with zero attached hydrogens (tertiary/aromatic N) is 1. The largest absolute Gasteiger partial charge is 0.407 e. The van der Waals surface area contributed by atoms with Gasteiger partial charge in [-0.2, -0.15) is 13.2 Å². The van der Waals surface area contributed by atoms with Crippen LogP contribution in [0.4, 0.5) is 13.2 Å². The van der Waals surface area contributed by atoms with Gasteiger partial charge >= 0.3 is 6.18 Å². The van der Waals surface area contributed by atoms with Crippen molar-refractivity contribution in [3.8, 4) is 11.1 Å². The first kappa shape index (κ1) is 28.5. The van der Waals surface area contributed by atoms with E-state index in [-0.39, 0.29) is 29.4 Å². The minimum Gasteiger partial charge on any atom is -0.366 e. The van der Waals surface area contributed by atoms with E-state index >= 15 is 0 Å². The molecule has 0 aliphatic carbocycles. The minimum absolute atomic E-state index is 0.00979. The second-order valence-electron chi connectivity index (χ2n) is 9.97. The smallest absolute Gasteiger partial charge is 0.366 e. The number of rotatable bonds is 7. The standard InChI is InChI=1S/C26H28ClF3N2O5S/c1-14(2)21(25(34)32-12-19(27)23-22(32)20(33)13-37-23)31-24(26(28,29)30)17-6-4-15(5-7-17)16-8-10-18(11-9-16)38(3,35)36/h4-11,14,19,21-24,31H,12-13H2,1-3H3/t19-,21?,22-,23-,24?/m1/s1. The Labute approximate surface area is 224 Å². The molecule has 0 aromatic heterocycles. The monoisotopic (exact) mass is 572 g/mol. The van der Waals surface area contributed by atoms with Crippen molar-refractivity contribution in [1.29, 1.82) is 0 Å². The van der Waals surface area contributed by atoms with Crippen LogP contribution in [0.3, 0.4) is 0 Å². The number of sulfone groups is 1. The van der Waals surface area contributed by atoms with Gasteiger partial charge in [-0.3, -0.25) is 14.9 Å². The van der Waals surface area contributed by atoms with Crippen molar-refractivity contribution < 1.29 is 35.9 Å². The van der Waals surface area contributed by atoms with Crippen LogP contribution in [0.5, 0.6) is 0 Å². The lowest BCUT2D eigenvalue weighted by atomic mass is 9.96. The highest BCUT2D eigenvalue weighted by Gasteiger charge is 2.53. The first-order valence-corrected chi connectivity index (χ1v) is 14.3. The topological polar surface area (TPSA) is 92.8 Å². The summed E-state index contributed by atoms with van der Waals surface area (Å²) in [6, 6.07) is 7.42. The van der Waals surface area contributed by atoms with Gasteiger partial charge in [-0.25, -0.2) is 8.42 Å². The van der Waals surface area contributed by atoms with E-state index in [0.717, 1.165) is 6.26 Å². The molecule has 2 heterocycles. The molecule has 5 atom stereocenters. The van der Waals surface area contributed by atoms with Gasteiger partial charge in [0.15, 0.2) is 15.6 Å². The first-order chi connectivity index (χ1) is 17.7. The van der Waals surface area contributed by atoms with Gasteiger partial charge in [0.1, 0.15) is 24.8 Å². The predicted octanol–water partition coefficient (Wildman–Crippen LogP) is 3.76. The SMILES string of the molecule is CC(C)C(NC(c1ccc(-c2ccc(S(C)(=O)=O)cc2)cc1)C(F)(F)F)C(=O)N1C[C@@H](Cl)[C@H]2OCC(=O)[C@H]21. The summed E-state index contributed by atoms with van der Waals surface area (Å²) in [5, 5.41) is 1.88. The Morgan fingerprint density at radius 3 is 2.13 bits per heavy atom. The number of halogens is 4. The van der Waals surface area contributed by atoms with Crippen molar-refractivity contribution in [1.82, 2.24) is 10.2 Å². The Morgan fingerprint density at radius 1 is 1.08 bits per heavy atom. The summed E-state index contributed by atoms with van der Waals surface area (Å²) < 4.78 is 71.5. The normalized spacial score (nSPS) is 23.5. The molecule has 38 heavy (non-hydrogen) atoms. The maximum atomic E-state index is 14.2. The summed E-state index contributed by atoms with van der Waals surface area (Å²) in [4.78, 5) is 27.1. The molecule has 4 rings (SSSR count). The molecule has 1 amide bonds. The zero-order valence-corrected chi connectivity index (χ0v) is 22.5. The van der Waals surface area contributed by atoms with E-state index in [1.54, 1.807) is 26.0 Å². The molecular formula is C26H28ClF3N2O5S. The number of benzene rings is 2. The highest BCUT2D eigenvalue weighted by molar-refractivity contribution is 7.90. The van der Waals surface area contributed by atoms with Crippen LogP contribution >= 0.6 is 11.6 Å². The molecule has 2 aliphatic rings. The predicted molar refractivity (Wildman–Crippen MR) is 135 cm³/mol. The Morgan fingerprint density at radius 2 is 1.63 bits per heavy atom. The Hall–Kier alpha value is -2.47. The molecule has 0 radical (unpaired) electrons. The van der Waals surface area contributed by atoms with Gasteiger partial charge in [0.2, 0.25) is 5.91 Å². The number of fused-ring (bicyclic) bond motifs is 1. The van der Waals surface area contributed by atoms with E-state index in [4.69, 9.17) is 16.3 Å². The third-order valence-electron chi connectivity index (χ3n) is 6.87. The van der Waals surface area contributed by atoms with Crippen LogP contribution in [-0.4, -0.2) is 74.2 Å². The highest BCUT2D eigenvalue weighted by atomic mass is 35.5. The van der Waals surface area contributed by atoms with Gasteiger partial charge in [0.25, 0.3) is 0 Å². The fraction of sp³-hybridized carbons (Fsp3) is 0.462. The fourth-order valence-electron chi connectivity index (χ4n) is 4.87. The van der Waals surface area contributed by atoms with Crippen molar-refractivity contribution >= 4 is 33.1 Å². The van der Waals surface area contributed by atoms with Crippen molar-refractivity contribution in [2.24, 2.45) is 5.92 Å². The van der Waals surface area contributed by atoms with E-state index in [2.05, 4.69) is 5.32 Å². The number of likely N-dealkylation sites (tertiary alicyclic amines) is 1. The van der Waals surface area contributed by atoms with Crippen LogP contribution in [0, 0.1) is 5.92 Å². The lowest BCUT2D eigenvalue weighted by molar-refractivity contribution is -0.163. The molecule has 2 aromatic rings. The Balaban J connectivity index is 1.58. The van der Waals surface area contributed by atoms with Gasteiger partial charge < -0.3 is 9.64 Å².